The van der Waals surface area contributed by atoms with Crippen LogP contribution in [-0.2, 0) is 14.4 Å². The van der Waals surface area contributed by atoms with E-state index in [1.807, 2.05) is 24.3 Å². The SMILES string of the molecule is O=S(=O)(CC(Cl)(Cl)Cl)ON1CC1c1ccccc1Br. The fourth-order valence-electron chi connectivity index (χ4n) is 1.58. The van der Waals surface area contributed by atoms with E-state index >= 15 is 0 Å². The maximum absolute atomic E-state index is 11.6. The number of alkyl halides is 3. The molecule has 1 saturated heterocycles. The summed E-state index contributed by atoms with van der Waals surface area (Å²) in [5.74, 6) is -0.691. The van der Waals surface area contributed by atoms with Crippen LogP contribution in [0.25, 0.3) is 0 Å². The van der Waals surface area contributed by atoms with E-state index in [1.165, 1.54) is 5.06 Å². The summed E-state index contributed by atoms with van der Waals surface area (Å²) in [5.41, 5.74) is 0.951. The van der Waals surface area contributed by atoms with E-state index in [2.05, 4.69) is 15.9 Å². The van der Waals surface area contributed by atoms with E-state index in [-0.39, 0.29) is 6.04 Å². The van der Waals surface area contributed by atoms with Crippen molar-refractivity contribution in [3.05, 3.63) is 34.3 Å². The summed E-state index contributed by atoms with van der Waals surface area (Å²) in [4.78, 5) is 0. The Hall–Kier alpha value is 0.440. The van der Waals surface area contributed by atoms with Crippen molar-refractivity contribution in [3.8, 4) is 0 Å². The van der Waals surface area contributed by atoms with Crippen LogP contribution in [-0.4, -0.2) is 29.6 Å². The van der Waals surface area contributed by atoms with E-state index < -0.39 is 19.7 Å². The van der Waals surface area contributed by atoms with E-state index in [0.29, 0.717) is 6.54 Å². The van der Waals surface area contributed by atoms with Crippen LogP contribution in [0.2, 0.25) is 0 Å². The Morgan fingerprint density at radius 2 is 2.00 bits per heavy atom. The van der Waals surface area contributed by atoms with Crippen molar-refractivity contribution < 1.29 is 12.7 Å². The third kappa shape index (κ3) is 4.74. The van der Waals surface area contributed by atoms with Crippen molar-refractivity contribution in [1.29, 1.82) is 0 Å². The summed E-state index contributed by atoms with van der Waals surface area (Å²) >= 11 is 19.7. The molecule has 0 radical (unpaired) electrons. The van der Waals surface area contributed by atoms with E-state index in [4.69, 9.17) is 39.1 Å². The van der Waals surface area contributed by atoms with Gasteiger partial charge in [-0.3, -0.25) is 0 Å². The third-order valence-electron chi connectivity index (χ3n) is 2.38. The minimum atomic E-state index is -3.92. The summed E-state index contributed by atoms with van der Waals surface area (Å²) in [5, 5.41) is 1.33. The molecule has 0 saturated carbocycles. The Morgan fingerprint density at radius 1 is 1.37 bits per heavy atom. The average Bonchev–Trinajstić information content (AvgIpc) is 2.92. The molecular formula is C10H9BrCl3NO3S. The molecule has 2 atom stereocenters. The first kappa shape index (κ1) is 15.8. The molecule has 1 aromatic carbocycles. The van der Waals surface area contributed by atoms with E-state index in [9.17, 15) is 8.42 Å². The molecule has 1 fully saturated rings. The molecule has 0 amide bonds. The molecule has 0 spiro atoms. The van der Waals surface area contributed by atoms with Gasteiger partial charge in [-0.1, -0.05) is 68.9 Å². The van der Waals surface area contributed by atoms with Crippen LogP contribution < -0.4 is 0 Å². The van der Waals surface area contributed by atoms with Crippen LogP contribution in [0.5, 0.6) is 0 Å². The highest BCUT2D eigenvalue weighted by Crippen LogP contribution is 2.40. The lowest BCUT2D eigenvalue weighted by atomic mass is 10.2. The van der Waals surface area contributed by atoms with Crippen LogP contribution in [0.4, 0.5) is 0 Å². The predicted octanol–water partition coefficient (Wildman–Crippen LogP) is 3.44. The molecule has 4 nitrogen and oxygen atoms in total. The molecule has 2 rings (SSSR count). The van der Waals surface area contributed by atoms with Crippen LogP contribution >= 0.6 is 50.7 Å². The minimum Gasteiger partial charge on any atom is -0.198 e. The predicted molar refractivity (Wildman–Crippen MR) is 78.8 cm³/mol. The fourth-order valence-corrected chi connectivity index (χ4v) is 4.24. The highest BCUT2D eigenvalue weighted by molar-refractivity contribution is 9.10. The van der Waals surface area contributed by atoms with Gasteiger partial charge in [0.15, 0.2) is 0 Å². The van der Waals surface area contributed by atoms with Crippen LogP contribution in [0.3, 0.4) is 0 Å². The van der Waals surface area contributed by atoms with E-state index in [0.717, 1.165) is 10.0 Å². The summed E-state index contributed by atoms with van der Waals surface area (Å²) < 4.78 is 27.1. The Balaban J connectivity index is 2.00. The monoisotopic (exact) mass is 407 g/mol. The molecule has 1 aliphatic heterocycles. The highest BCUT2D eigenvalue weighted by Gasteiger charge is 2.43. The number of halogens is 4. The van der Waals surface area contributed by atoms with Crippen molar-refractivity contribution in [2.45, 2.75) is 9.83 Å². The van der Waals surface area contributed by atoms with Crippen LogP contribution in [0, 0.1) is 0 Å². The molecule has 1 heterocycles. The van der Waals surface area contributed by atoms with Gasteiger partial charge >= 0.3 is 0 Å². The Morgan fingerprint density at radius 3 is 2.58 bits per heavy atom. The van der Waals surface area contributed by atoms with Crippen molar-refractivity contribution in [1.82, 2.24) is 5.06 Å². The lowest BCUT2D eigenvalue weighted by molar-refractivity contribution is 0.0617. The smallest absolute Gasteiger partial charge is 0.198 e. The number of rotatable bonds is 4. The topological polar surface area (TPSA) is 46.4 Å². The standard InChI is InChI=1S/C10H9BrCl3NO3S/c11-8-4-2-1-3-7(8)9-5-15(9)18-19(16,17)6-10(12,13)14/h1-4,9H,5-6H2. The third-order valence-corrected chi connectivity index (χ3v) is 5.18. The van der Waals surface area contributed by atoms with Gasteiger partial charge in [0.05, 0.1) is 6.04 Å². The van der Waals surface area contributed by atoms with Gasteiger partial charge in [-0.25, -0.2) is 0 Å². The molecule has 0 aromatic heterocycles. The Kier molecular flexibility index (Phi) is 4.72. The molecule has 2 unspecified atom stereocenters. The first-order valence-electron chi connectivity index (χ1n) is 5.18. The zero-order chi connectivity index (χ0) is 14.3. The minimum absolute atomic E-state index is 0.110. The number of benzene rings is 1. The molecule has 106 valence electrons. The average molecular weight is 410 g/mol. The number of hydrogen-bond donors (Lipinski definition) is 0. The Bertz CT molecular complexity index is 576. The zero-order valence-electron chi connectivity index (χ0n) is 9.39. The molecule has 0 aliphatic carbocycles. The van der Waals surface area contributed by atoms with Crippen molar-refractivity contribution in [3.63, 3.8) is 0 Å². The maximum Gasteiger partial charge on any atom is 0.287 e. The second-order valence-corrected chi connectivity index (χ2v) is 8.95. The molecule has 19 heavy (non-hydrogen) atoms. The summed E-state index contributed by atoms with van der Waals surface area (Å²) in [6, 6.07) is 7.40. The fraction of sp³-hybridized carbons (Fsp3) is 0.400. The van der Waals surface area contributed by atoms with Gasteiger partial charge < -0.3 is 0 Å². The van der Waals surface area contributed by atoms with Crippen LogP contribution in [0.1, 0.15) is 11.6 Å². The lowest BCUT2D eigenvalue weighted by Gasteiger charge is -2.11. The number of nitrogens with zero attached hydrogens (tertiary/aromatic N) is 1. The van der Waals surface area contributed by atoms with Gasteiger partial charge in [0.1, 0.15) is 5.75 Å². The van der Waals surface area contributed by atoms with Gasteiger partial charge in [-0.05, 0) is 11.6 Å². The highest BCUT2D eigenvalue weighted by atomic mass is 79.9. The maximum atomic E-state index is 11.6. The van der Waals surface area contributed by atoms with Gasteiger partial charge in [0.2, 0.25) is 3.79 Å². The summed E-state index contributed by atoms with van der Waals surface area (Å²) in [6.45, 7) is 0.474. The summed E-state index contributed by atoms with van der Waals surface area (Å²) in [7, 11) is -3.92. The molecule has 1 aliphatic rings. The first-order valence-corrected chi connectivity index (χ1v) is 8.68. The van der Waals surface area contributed by atoms with Gasteiger partial charge in [-0.2, -0.15) is 17.8 Å². The van der Waals surface area contributed by atoms with Gasteiger partial charge in [0.25, 0.3) is 10.1 Å². The first-order chi connectivity index (χ1) is 8.68. The van der Waals surface area contributed by atoms with Crippen molar-refractivity contribution in [2.24, 2.45) is 0 Å². The number of hydroxylamine groups is 2. The normalized spacial score (nSPS) is 23.4. The van der Waals surface area contributed by atoms with Crippen molar-refractivity contribution >= 4 is 60.9 Å². The quantitative estimate of drug-likeness (QED) is 0.565. The second-order valence-electron chi connectivity index (χ2n) is 4.03. The molecule has 1 aromatic rings. The summed E-state index contributed by atoms with van der Waals surface area (Å²) in [6.07, 6.45) is 0. The molecule has 9 heteroatoms. The van der Waals surface area contributed by atoms with Gasteiger partial charge in [0, 0.05) is 11.0 Å². The Labute approximate surface area is 134 Å². The molecule has 0 N–H and O–H groups in total. The van der Waals surface area contributed by atoms with Gasteiger partial charge in [-0.15, -0.1) is 0 Å². The lowest BCUT2D eigenvalue weighted by Crippen LogP contribution is -2.23. The van der Waals surface area contributed by atoms with Crippen molar-refractivity contribution in [2.75, 3.05) is 12.3 Å². The second kappa shape index (κ2) is 5.67. The largest absolute Gasteiger partial charge is 0.287 e. The van der Waals surface area contributed by atoms with Crippen LogP contribution in [0.15, 0.2) is 28.7 Å². The van der Waals surface area contributed by atoms with E-state index in [1.54, 1.807) is 0 Å². The molecular weight excluding hydrogens is 400 g/mol. The zero-order valence-corrected chi connectivity index (χ0v) is 14.1. The number of hydrogen-bond acceptors (Lipinski definition) is 4. The molecule has 0 bridgehead atoms.